The Labute approximate surface area is 106 Å². The van der Waals surface area contributed by atoms with E-state index in [1.165, 1.54) is 41.5 Å². The third kappa shape index (κ3) is 1.71. The van der Waals surface area contributed by atoms with Crippen LogP contribution in [0.25, 0.3) is 10.2 Å². The van der Waals surface area contributed by atoms with E-state index in [1.54, 1.807) is 0 Å². The molecule has 0 atom stereocenters. The number of fused-ring (bicyclic) bond motifs is 3. The van der Waals surface area contributed by atoms with Gasteiger partial charge in [0.25, 0.3) is 0 Å². The highest BCUT2D eigenvalue weighted by Crippen LogP contribution is 2.38. The lowest BCUT2D eigenvalue weighted by atomic mass is 9.97. The minimum atomic E-state index is 0.963. The van der Waals surface area contributed by atoms with E-state index in [1.807, 2.05) is 11.3 Å². The number of hydrogen-bond donors (Lipinski definition) is 0. The summed E-state index contributed by atoms with van der Waals surface area (Å²) < 4.78 is 0. The zero-order valence-electron chi connectivity index (χ0n) is 10.3. The average molecular weight is 246 g/mol. The van der Waals surface area contributed by atoms with Crippen molar-refractivity contribution >= 4 is 27.4 Å². The third-order valence-corrected chi connectivity index (χ3v) is 4.71. The zero-order chi connectivity index (χ0) is 11.8. The van der Waals surface area contributed by atoms with Crippen molar-refractivity contribution in [3.63, 3.8) is 0 Å². The van der Waals surface area contributed by atoms with Gasteiger partial charge in [-0.05, 0) is 38.2 Å². The van der Waals surface area contributed by atoms with E-state index < -0.39 is 0 Å². The molecule has 17 heavy (non-hydrogen) atoms. The van der Waals surface area contributed by atoms with E-state index in [0.29, 0.717) is 0 Å². The highest BCUT2D eigenvalue weighted by molar-refractivity contribution is 7.19. The van der Waals surface area contributed by atoms with Crippen LogP contribution >= 0.6 is 11.3 Å². The summed E-state index contributed by atoms with van der Waals surface area (Å²) in [6.07, 6.45) is 7.81. The molecular formula is C13H16N3S. The Morgan fingerprint density at radius 1 is 1.29 bits per heavy atom. The van der Waals surface area contributed by atoms with E-state index in [2.05, 4.69) is 35.2 Å². The molecule has 4 heteroatoms. The van der Waals surface area contributed by atoms with Crippen LogP contribution < -0.4 is 4.90 Å². The normalized spacial score (nSPS) is 14.9. The maximum Gasteiger partial charge on any atom is 0.201 e. The molecule has 3 nitrogen and oxygen atoms in total. The maximum absolute atomic E-state index is 4.35. The minimum absolute atomic E-state index is 0.963. The molecule has 0 fully saturated rings. The van der Waals surface area contributed by atoms with Crippen molar-refractivity contribution in [2.75, 3.05) is 18.5 Å². The van der Waals surface area contributed by atoms with Crippen molar-refractivity contribution in [3.8, 4) is 0 Å². The van der Waals surface area contributed by atoms with Gasteiger partial charge in [-0.1, -0.05) is 0 Å². The lowest BCUT2D eigenvalue weighted by Gasteiger charge is -2.18. The second kappa shape index (κ2) is 4.26. The van der Waals surface area contributed by atoms with Gasteiger partial charge in [0.2, 0.25) is 6.33 Å². The number of anilines is 1. The van der Waals surface area contributed by atoms with Crippen molar-refractivity contribution in [2.45, 2.75) is 32.6 Å². The quantitative estimate of drug-likeness (QED) is 0.816. The molecule has 0 saturated carbocycles. The summed E-state index contributed by atoms with van der Waals surface area (Å²) in [5.74, 6) is 1.05. The second-order valence-electron chi connectivity index (χ2n) is 4.55. The predicted octanol–water partition coefficient (Wildman–Crippen LogP) is 2.83. The molecule has 0 saturated heterocycles. The van der Waals surface area contributed by atoms with Crippen LogP contribution in [0, 0.1) is 6.33 Å². The first-order valence-electron chi connectivity index (χ1n) is 6.20. The standard InChI is InChI=1S/C13H16N3S/c1-3-16(2)12-11-9-6-4-5-7-10(9)17-13(11)15-8-14-12/h3-7H2,1-2H3. The van der Waals surface area contributed by atoms with Crippen LogP contribution in [0.2, 0.25) is 0 Å². The smallest absolute Gasteiger partial charge is 0.201 e. The largest absolute Gasteiger partial charge is 0.359 e. The third-order valence-electron chi connectivity index (χ3n) is 3.52. The first-order valence-corrected chi connectivity index (χ1v) is 7.02. The first-order chi connectivity index (χ1) is 8.31. The number of aromatic nitrogens is 2. The lowest BCUT2D eigenvalue weighted by molar-refractivity contribution is 0.700. The van der Waals surface area contributed by atoms with Gasteiger partial charge in [0.05, 0.1) is 5.39 Å². The fourth-order valence-corrected chi connectivity index (χ4v) is 3.67. The molecule has 89 valence electrons. The molecule has 0 N–H and O–H groups in total. The molecule has 1 aliphatic rings. The number of rotatable bonds is 2. The molecule has 0 spiro atoms. The Morgan fingerprint density at radius 3 is 2.94 bits per heavy atom. The Kier molecular flexibility index (Phi) is 2.74. The molecular weight excluding hydrogens is 230 g/mol. The molecule has 2 aromatic heterocycles. The van der Waals surface area contributed by atoms with Crippen molar-refractivity contribution in [1.29, 1.82) is 0 Å². The SMILES string of the molecule is CCN(C)c1n[c]nc2sc3c(c12)CCCC3. The molecule has 2 heterocycles. The first kappa shape index (κ1) is 11.0. The topological polar surface area (TPSA) is 29.0 Å². The van der Waals surface area contributed by atoms with E-state index >= 15 is 0 Å². The highest BCUT2D eigenvalue weighted by Gasteiger charge is 2.20. The van der Waals surface area contributed by atoms with Crippen LogP contribution in [0.4, 0.5) is 5.82 Å². The van der Waals surface area contributed by atoms with Crippen molar-refractivity contribution < 1.29 is 0 Å². The lowest BCUT2D eigenvalue weighted by Crippen LogP contribution is -2.18. The summed E-state index contributed by atoms with van der Waals surface area (Å²) in [6.45, 7) is 3.11. The summed E-state index contributed by atoms with van der Waals surface area (Å²) >= 11 is 1.83. The van der Waals surface area contributed by atoms with Gasteiger partial charge in [0.15, 0.2) is 0 Å². The van der Waals surface area contributed by atoms with Crippen LogP contribution in [0.15, 0.2) is 0 Å². The van der Waals surface area contributed by atoms with Crippen LogP contribution in [0.3, 0.4) is 0 Å². The van der Waals surface area contributed by atoms with Gasteiger partial charge in [-0.2, -0.15) is 0 Å². The number of hydrogen-bond acceptors (Lipinski definition) is 4. The van der Waals surface area contributed by atoms with Crippen molar-refractivity contribution in [2.24, 2.45) is 0 Å². The van der Waals surface area contributed by atoms with Crippen LogP contribution in [-0.4, -0.2) is 23.6 Å². The molecule has 1 aliphatic carbocycles. The Hall–Kier alpha value is -1.16. The Balaban J connectivity index is 2.25. The average Bonchev–Trinajstić information content (AvgIpc) is 2.76. The van der Waals surface area contributed by atoms with Crippen molar-refractivity contribution in [3.05, 3.63) is 16.8 Å². The van der Waals surface area contributed by atoms with Gasteiger partial charge >= 0.3 is 0 Å². The molecule has 3 rings (SSSR count). The molecule has 0 unspecified atom stereocenters. The fourth-order valence-electron chi connectivity index (χ4n) is 2.46. The molecule has 0 bridgehead atoms. The van der Waals surface area contributed by atoms with Gasteiger partial charge in [-0.25, -0.2) is 9.97 Å². The molecule has 2 aromatic rings. The summed E-state index contributed by atoms with van der Waals surface area (Å²) in [5, 5.41) is 1.28. The van der Waals surface area contributed by atoms with Gasteiger partial charge < -0.3 is 4.90 Å². The monoisotopic (exact) mass is 246 g/mol. The van der Waals surface area contributed by atoms with E-state index in [9.17, 15) is 0 Å². The Morgan fingerprint density at radius 2 is 2.12 bits per heavy atom. The number of thiophene rings is 1. The highest BCUT2D eigenvalue weighted by atomic mass is 32.1. The fraction of sp³-hybridized carbons (Fsp3) is 0.538. The molecule has 0 aliphatic heterocycles. The van der Waals surface area contributed by atoms with Gasteiger partial charge in [0, 0.05) is 18.5 Å². The van der Waals surface area contributed by atoms with Crippen LogP contribution in [-0.2, 0) is 12.8 Å². The van der Waals surface area contributed by atoms with Crippen LogP contribution in [0.5, 0.6) is 0 Å². The molecule has 0 amide bonds. The molecule has 1 radical (unpaired) electrons. The maximum atomic E-state index is 4.35. The second-order valence-corrected chi connectivity index (χ2v) is 5.64. The van der Waals surface area contributed by atoms with Gasteiger partial charge in [0.1, 0.15) is 10.6 Å². The number of aryl methyl sites for hydroxylation is 2. The van der Waals surface area contributed by atoms with Crippen LogP contribution in [0.1, 0.15) is 30.2 Å². The van der Waals surface area contributed by atoms with E-state index in [4.69, 9.17) is 0 Å². The van der Waals surface area contributed by atoms with Crippen molar-refractivity contribution in [1.82, 2.24) is 9.97 Å². The van der Waals surface area contributed by atoms with E-state index in [-0.39, 0.29) is 0 Å². The minimum Gasteiger partial charge on any atom is -0.359 e. The predicted molar refractivity (Wildman–Crippen MR) is 71.8 cm³/mol. The summed E-state index contributed by atoms with van der Waals surface area (Å²) in [4.78, 5) is 13.5. The summed E-state index contributed by atoms with van der Waals surface area (Å²) in [6, 6.07) is 0. The zero-order valence-corrected chi connectivity index (χ0v) is 11.1. The van der Waals surface area contributed by atoms with Gasteiger partial charge in [-0.15, -0.1) is 11.3 Å². The number of nitrogens with zero attached hydrogens (tertiary/aromatic N) is 3. The molecule has 0 aromatic carbocycles. The Bertz CT molecular complexity index is 547. The van der Waals surface area contributed by atoms with E-state index in [0.717, 1.165) is 17.2 Å². The summed E-state index contributed by atoms with van der Waals surface area (Å²) in [7, 11) is 2.09. The van der Waals surface area contributed by atoms with Gasteiger partial charge in [-0.3, -0.25) is 0 Å². The summed E-state index contributed by atoms with van der Waals surface area (Å²) in [5.41, 5.74) is 1.50.